The lowest BCUT2D eigenvalue weighted by Gasteiger charge is -2.04. The molecule has 1 aliphatic carbocycles. The number of aromatic nitrogens is 2. The van der Waals surface area contributed by atoms with E-state index in [0.29, 0.717) is 11.1 Å². The standard InChI is InChI=1S/C13H13NO2.C12H12N2O2.C5H6/c1-16-13(15)12-6-4-11(5-7-12)10-14-8-2-3-9-14;15-12(13-16)11-5-3-10(4-6-11)9-14-7-1-2-8-14;1-2-4-5-3-1/h2-9H,10H2,1H3;1-8,16H,9H2,(H,13,15);1-4H,5H2. The molecule has 4 aromatic rings. The van der Waals surface area contributed by atoms with Gasteiger partial charge in [-0.1, -0.05) is 48.6 Å². The number of methoxy groups -OCH3 is 1. The lowest BCUT2D eigenvalue weighted by Crippen LogP contribution is -2.18. The summed E-state index contributed by atoms with van der Waals surface area (Å²) in [6.45, 7) is 1.59. The molecule has 7 nitrogen and oxygen atoms in total. The molecule has 0 radical (unpaired) electrons. The molecule has 0 bridgehead atoms. The molecule has 1 amide bonds. The second-order valence-corrected chi connectivity index (χ2v) is 8.13. The van der Waals surface area contributed by atoms with Gasteiger partial charge in [-0.3, -0.25) is 10.0 Å². The van der Waals surface area contributed by atoms with Crippen molar-refractivity contribution in [3.05, 3.63) is 144 Å². The van der Waals surface area contributed by atoms with E-state index in [-0.39, 0.29) is 5.97 Å². The van der Waals surface area contributed by atoms with Gasteiger partial charge < -0.3 is 13.9 Å². The molecule has 2 heterocycles. The number of ether oxygens (including phenoxy) is 1. The number of nitrogens with one attached hydrogen (secondary N) is 1. The quantitative estimate of drug-likeness (QED) is 0.210. The fourth-order valence-electron chi connectivity index (χ4n) is 3.46. The summed E-state index contributed by atoms with van der Waals surface area (Å²) in [6, 6.07) is 22.4. The van der Waals surface area contributed by atoms with Gasteiger partial charge in [-0.15, -0.1) is 0 Å². The van der Waals surface area contributed by atoms with Crippen LogP contribution in [0.2, 0.25) is 0 Å². The highest BCUT2D eigenvalue weighted by Crippen LogP contribution is 2.08. The molecule has 0 fully saturated rings. The van der Waals surface area contributed by atoms with Gasteiger partial charge in [-0.25, -0.2) is 10.3 Å². The molecule has 0 saturated carbocycles. The van der Waals surface area contributed by atoms with Crippen molar-refractivity contribution in [1.82, 2.24) is 14.6 Å². The average Bonchev–Trinajstić information content (AvgIpc) is 3.75. The Balaban J connectivity index is 0.000000173. The Morgan fingerprint density at radius 3 is 1.54 bits per heavy atom. The van der Waals surface area contributed by atoms with Crippen LogP contribution >= 0.6 is 0 Å². The van der Waals surface area contributed by atoms with E-state index in [1.165, 1.54) is 7.11 Å². The number of amides is 1. The fourth-order valence-corrected chi connectivity index (χ4v) is 3.46. The zero-order chi connectivity index (χ0) is 26.3. The zero-order valence-electron chi connectivity index (χ0n) is 20.7. The molecule has 37 heavy (non-hydrogen) atoms. The van der Waals surface area contributed by atoms with Gasteiger partial charge in [0.2, 0.25) is 0 Å². The topological polar surface area (TPSA) is 85.5 Å². The van der Waals surface area contributed by atoms with Gasteiger partial charge in [0.25, 0.3) is 5.91 Å². The smallest absolute Gasteiger partial charge is 0.337 e. The number of hydroxylamine groups is 1. The number of benzene rings is 2. The zero-order valence-corrected chi connectivity index (χ0v) is 20.7. The summed E-state index contributed by atoms with van der Waals surface area (Å²) in [7, 11) is 1.38. The van der Waals surface area contributed by atoms with Crippen LogP contribution < -0.4 is 5.48 Å². The molecule has 2 aromatic carbocycles. The van der Waals surface area contributed by atoms with Crippen LogP contribution in [0.4, 0.5) is 0 Å². The molecular formula is C30H31N3O4. The molecule has 5 rings (SSSR count). The van der Waals surface area contributed by atoms with Crippen LogP contribution in [0.3, 0.4) is 0 Å². The molecule has 0 atom stereocenters. The molecule has 7 heteroatoms. The van der Waals surface area contributed by atoms with Crippen LogP contribution in [0, 0.1) is 0 Å². The lowest BCUT2D eigenvalue weighted by atomic mass is 10.1. The predicted octanol–water partition coefficient (Wildman–Crippen LogP) is 5.48. The van der Waals surface area contributed by atoms with Gasteiger partial charge in [-0.05, 0) is 66.1 Å². The lowest BCUT2D eigenvalue weighted by molar-refractivity contribution is 0.0600. The van der Waals surface area contributed by atoms with Crippen LogP contribution in [0.5, 0.6) is 0 Å². The SMILES string of the molecule is C1=CCC=C1.COC(=O)c1ccc(Cn2cccc2)cc1.O=C(NO)c1ccc(Cn2cccc2)cc1. The normalized spacial score (nSPS) is 11.1. The van der Waals surface area contributed by atoms with Crippen molar-refractivity contribution in [3.8, 4) is 0 Å². The molecule has 0 unspecified atom stereocenters. The highest BCUT2D eigenvalue weighted by molar-refractivity contribution is 5.93. The molecular weight excluding hydrogens is 466 g/mol. The number of esters is 1. The first kappa shape index (κ1) is 27.0. The summed E-state index contributed by atoms with van der Waals surface area (Å²) in [5, 5.41) is 8.46. The molecule has 190 valence electrons. The van der Waals surface area contributed by atoms with Crippen molar-refractivity contribution in [2.45, 2.75) is 19.5 Å². The number of nitrogens with zero attached hydrogens (tertiary/aromatic N) is 2. The van der Waals surface area contributed by atoms with Gasteiger partial charge in [0.05, 0.1) is 12.7 Å². The van der Waals surface area contributed by atoms with Crippen molar-refractivity contribution in [1.29, 1.82) is 0 Å². The Hall–Kier alpha value is -4.62. The number of hydrogen-bond donors (Lipinski definition) is 2. The van der Waals surface area contributed by atoms with Crippen LogP contribution in [-0.4, -0.2) is 33.3 Å². The Labute approximate surface area is 216 Å². The Kier molecular flexibility index (Phi) is 10.7. The van der Waals surface area contributed by atoms with E-state index < -0.39 is 5.91 Å². The van der Waals surface area contributed by atoms with Crippen molar-refractivity contribution in [2.75, 3.05) is 7.11 Å². The summed E-state index contributed by atoms with van der Waals surface area (Å²) in [6.07, 6.45) is 17.5. The van der Waals surface area contributed by atoms with Gasteiger partial charge >= 0.3 is 5.97 Å². The van der Waals surface area contributed by atoms with Gasteiger partial charge in [-0.2, -0.15) is 0 Å². The molecule has 2 N–H and O–H groups in total. The minimum atomic E-state index is -0.493. The first-order valence-corrected chi connectivity index (χ1v) is 11.8. The van der Waals surface area contributed by atoms with Gasteiger partial charge in [0, 0.05) is 43.4 Å². The van der Waals surface area contributed by atoms with E-state index >= 15 is 0 Å². The van der Waals surface area contributed by atoms with Crippen LogP contribution in [0.15, 0.2) is 122 Å². The van der Waals surface area contributed by atoms with Gasteiger partial charge in [0.15, 0.2) is 0 Å². The maximum Gasteiger partial charge on any atom is 0.337 e. The highest BCUT2D eigenvalue weighted by atomic mass is 16.5. The number of carbonyl (C=O) groups excluding carboxylic acids is 2. The first-order valence-electron chi connectivity index (χ1n) is 11.8. The third-order valence-corrected chi connectivity index (χ3v) is 5.41. The van der Waals surface area contributed by atoms with Crippen molar-refractivity contribution >= 4 is 11.9 Å². The Bertz CT molecular complexity index is 1170. The van der Waals surface area contributed by atoms with Gasteiger partial charge in [0.1, 0.15) is 0 Å². The monoisotopic (exact) mass is 497 g/mol. The van der Waals surface area contributed by atoms with E-state index in [0.717, 1.165) is 30.6 Å². The third kappa shape index (κ3) is 9.16. The molecule has 0 saturated heterocycles. The van der Waals surface area contributed by atoms with Crippen molar-refractivity contribution in [2.24, 2.45) is 0 Å². The third-order valence-electron chi connectivity index (χ3n) is 5.41. The molecule has 0 aliphatic heterocycles. The number of rotatable bonds is 6. The molecule has 2 aromatic heterocycles. The summed E-state index contributed by atoms with van der Waals surface area (Å²) in [4.78, 5) is 22.3. The van der Waals surface area contributed by atoms with Crippen LogP contribution in [0.1, 0.15) is 38.3 Å². The second kappa shape index (κ2) is 14.7. The van der Waals surface area contributed by atoms with Crippen molar-refractivity contribution in [3.63, 3.8) is 0 Å². The van der Waals surface area contributed by atoms with Crippen LogP contribution in [0.25, 0.3) is 0 Å². The summed E-state index contributed by atoms with van der Waals surface area (Å²) in [5.74, 6) is -0.792. The predicted molar refractivity (Wildman–Crippen MR) is 143 cm³/mol. The maximum atomic E-state index is 11.2. The Morgan fingerprint density at radius 1 is 0.757 bits per heavy atom. The number of carbonyl (C=O) groups is 2. The minimum Gasteiger partial charge on any atom is -0.465 e. The first-order chi connectivity index (χ1) is 18.1. The van der Waals surface area contributed by atoms with E-state index in [9.17, 15) is 9.59 Å². The van der Waals surface area contributed by atoms with E-state index in [4.69, 9.17) is 5.21 Å². The maximum absolute atomic E-state index is 11.2. The summed E-state index contributed by atoms with van der Waals surface area (Å²) >= 11 is 0. The van der Waals surface area contributed by atoms with E-state index in [1.54, 1.807) is 29.7 Å². The Morgan fingerprint density at radius 2 is 1.19 bits per heavy atom. The number of hydrogen-bond acceptors (Lipinski definition) is 4. The van der Waals surface area contributed by atoms with Crippen LogP contribution in [-0.2, 0) is 17.8 Å². The van der Waals surface area contributed by atoms with E-state index in [1.807, 2.05) is 77.9 Å². The number of allylic oxidation sites excluding steroid dienone is 4. The largest absolute Gasteiger partial charge is 0.465 e. The second-order valence-electron chi connectivity index (χ2n) is 8.13. The average molecular weight is 498 g/mol. The van der Waals surface area contributed by atoms with E-state index in [2.05, 4.69) is 33.6 Å². The highest BCUT2D eigenvalue weighted by Gasteiger charge is 2.04. The molecule has 0 spiro atoms. The summed E-state index contributed by atoms with van der Waals surface area (Å²) in [5.41, 5.74) is 4.89. The van der Waals surface area contributed by atoms with Crippen molar-refractivity contribution < 1.29 is 19.5 Å². The minimum absolute atomic E-state index is 0.299. The fraction of sp³-hybridized carbons (Fsp3) is 0.133. The summed E-state index contributed by atoms with van der Waals surface area (Å²) < 4.78 is 8.76. The molecule has 1 aliphatic rings.